The van der Waals surface area contributed by atoms with Crippen LogP contribution in [0.1, 0.15) is 30.5 Å². The number of likely N-dealkylation sites (tertiary alicyclic amines) is 1. The highest BCUT2D eigenvalue weighted by molar-refractivity contribution is 7.09. The van der Waals surface area contributed by atoms with Crippen LogP contribution in [0.5, 0.6) is 0 Å². The van der Waals surface area contributed by atoms with E-state index in [4.69, 9.17) is 0 Å². The molecule has 0 radical (unpaired) electrons. The van der Waals surface area contributed by atoms with Gasteiger partial charge in [0.05, 0.1) is 16.3 Å². The molecule has 3 rings (SSSR count). The van der Waals surface area contributed by atoms with Crippen molar-refractivity contribution in [2.45, 2.75) is 38.3 Å². The number of thiazole rings is 1. The van der Waals surface area contributed by atoms with Crippen molar-refractivity contribution >= 4 is 11.3 Å². The summed E-state index contributed by atoms with van der Waals surface area (Å²) in [5.74, 6) is 0.588. The second kappa shape index (κ2) is 3.79. The third-order valence-electron chi connectivity index (χ3n) is 3.62. The molecule has 0 amide bonds. The molecule has 2 heterocycles. The SMILES string of the molecule is CCc1nc(CN2CC(O)(C3CC3)C2)cs1. The summed E-state index contributed by atoms with van der Waals surface area (Å²) in [5.41, 5.74) is 0.809. The van der Waals surface area contributed by atoms with Crippen molar-refractivity contribution in [2.75, 3.05) is 13.1 Å². The van der Waals surface area contributed by atoms with Crippen LogP contribution in [0.4, 0.5) is 0 Å². The van der Waals surface area contributed by atoms with Crippen LogP contribution >= 0.6 is 11.3 Å². The van der Waals surface area contributed by atoms with Crippen LogP contribution < -0.4 is 0 Å². The molecule has 1 saturated heterocycles. The van der Waals surface area contributed by atoms with Gasteiger partial charge in [-0.15, -0.1) is 11.3 Å². The fourth-order valence-corrected chi connectivity index (χ4v) is 3.27. The van der Waals surface area contributed by atoms with Gasteiger partial charge >= 0.3 is 0 Å². The van der Waals surface area contributed by atoms with Gasteiger partial charge in [0.2, 0.25) is 0 Å². The molecule has 0 unspecified atom stereocenters. The van der Waals surface area contributed by atoms with Crippen molar-refractivity contribution in [3.05, 3.63) is 16.1 Å². The van der Waals surface area contributed by atoms with E-state index >= 15 is 0 Å². The van der Waals surface area contributed by atoms with E-state index in [-0.39, 0.29) is 5.60 Å². The average molecular weight is 238 g/mol. The molecule has 0 aromatic carbocycles. The zero-order valence-corrected chi connectivity index (χ0v) is 10.5. The van der Waals surface area contributed by atoms with Crippen molar-refractivity contribution in [2.24, 2.45) is 5.92 Å². The van der Waals surface area contributed by atoms with E-state index in [9.17, 15) is 5.11 Å². The summed E-state index contributed by atoms with van der Waals surface area (Å²) in [7, 11) is 0. The van der Waals surface area contributed by atoms with Gasteiger partial charge in [-0.25, -0.2) is 4.98 Å². The van der Waals surface area contributed by atoms with Crippen LogP contribution in [0.15, 0.2) is 5.38 Å². The van der Waals surface area contributed by atoms with Gasteiger partial charge in [-0.3, -0.25) is 4.90 Å². The number of nitrogens with zero attached hydrogens (tertiary/aromatic N) is 2. The van der Waals surface area contributed by atoms with Crippen molar-refractivity contribution < 1.29 is 5.11 Å². The molecule has 1 aromatic rings. The number of rotatable bonds is 4. The van der Waals surface area contributed by atoms with Crippen LogP contribution in [-0.4, -0.2) is 33.7 Å². The van der Waals surface area contributed by atoms with E-state index in [1.165, 1.54) is 23.5 Å². The highest BCUT2D eigenvalue weighted by Gasteiger charge is 2.51. The second-order valence-corrected chi connectivity index (χ2v) is 6.05. The first-order valence-electron chi connectivity index (χ1n) is 6.07. The molecular weight excluding hydrogens is 220 g/mol. The molecule has 2 fully saturated rings. The van der Waals surface area contributed by atoms with Crippen LogP contribution in [0.3, 0.4) is 0 Å². The number of aliphatic hydroxyl groups is 1. The molecule has 1 aliphatic heterocycles. The fraction of sp³-hybridized carbons (Fsp3) is 0.750. The Hall–Kier alpha value is -0.450. The van der Waals surface area contributed by atoms with Gasteiger partial charge < -0.3 is 5.11 Å². The smallest absolute Gasteiger partial charge is 0.0928 e. The third kappa shape index (κ3) is 1.90. The van der Waals surface area contributed by atoms with Gasteiger partial charge in [0.25, 0.3) is 0 Å². The lowest BCUT2D eigenvalue weighted by Gasteiger charge is -2.46. The molecule has 3 nitrogen and oxygen atoms in total. The molecule has 1 N–H and O–H groups in total. The zero-order valence-electron chi connectivity index (χ0n) is 9.65. The van der Waals surface area contributed by atoms with Crippen LogP contribution in [0.25, 0.3) is 0 Å². The summed E-state index contributed by atoms with van der Waals surface area (Å²) in [4.78, 5) is 6.85. The Morgan fingerprint density at radius 2 is 2.31 bits per heavy atom. The van der Waals surface area contributed by atoms with Gasteiger partial charge in [-0.05, 0) is 25.2 Å². The van der Waals surface area contributed by atoms with Gasteiger partial charge in [0.1, 0.15) is 0 Å². The Bertz CT molecular complexity index is 380. The number of hydrogen-bond acceptors (Lipinski definition) is 4. The Morgan fingerprint density at radius 3 is 2.88 bits per heavy atom. The Labute approximate surface area is 100 Å². The highest BCUT2D eigenvalue weighted by Crippen LogP contribution is 2.44. The minimum absolute atomic E-state index is 0.358. The predicted molar refractivity (Wildman–Crippen MR) is 64.4 cm³/mol. The van der Waals surface area contributed by atoms with Crippen LogP contribution in [0.2, 0.25) is 0 Å². The Morgan fingerprint density at radius 1 is 1.56 bits per heavy atom. The van der Waals surface area contributed by atoms with Gasteiger partial charge in [-0.1, -0.05) is 6.92 Å². The first-order valence-corrected chi connectivity index (χ1v) is 6.95. The lowest BCUT2D eigenvalue weighted by Crippen LogP contribution is -2.62. The third-order valence-corrected chi connectivity index (χ3v) is 4.66. The summed E-state index contributed by atoms with van der Waals surface area (Å²) in [6, 6.07) is 0. The largest absolute Gasteiger partial charge is 0.387 e. The van der Waals surface area contributed by atoms with E-state index in [1.807, 2.05) is 0 Å². The van der Waals surface area contributed by atoms with E-state index in [2.05, 4.69) is 22.2 Å². The minimum Gasteiger partial charge on any atom is -0.387 e. The predicted octanol–water partition coefficient (Wildman–Crippen LogP) is 1.66. The van der Waals surface area contributed by atoms with Crippen molar-refractivity contribution in [1.82, 2.24) is 9.88 Å². The summed E-state index contributed by atoms with van der Waals surface area (Å²) in [6.45, 7) is 4.73. The first kappa shape index (κ1) is 10.7. The Balaban J connectivity index is 1.53. The topological polar surface area (TPSA) is 36.4 Å². The van der Waals surface area contributed by atoms with Crippen LogP contribution in [-0.2, 0) is 13.0 Å². The van der Waals surface area contributed by atoms with Gasteiger partial charge in [0.15, 0.2) is 0 Å². The molecule has 4 heteroatoms. The fourth-order valence-electron chi connectivity index (χ4n) is 2.53. The lowest BCUT2D eigenvalue weighted by atomic mass is 9.89. The van der Waals surface area contributed by atoms with Crippen molar-refractivity contribution in [3.8, 4) is 0 Å². The van der Waals surface area contributed by atoms with Gasteiger partial charge in [0, 0.05) is 25.0 Å². The quantitative estimate of drug-likeness (QED) is 0.866. The zero-order chi connectivity index (χ0) is 11.2. The molecule has 16 heavy (non-hydrogen) atoms. The number of aryl methyl sites for hydroxylation is 1. The van der Waals surface area contributed by atoms with Crippen molar-refractivity contribution in [3.63, 3.8) is 0 Å². The van der Waals surface area contributed by atoms with E-state index in [0.717, 1.165) is 26.1 Å². The summed E-state index contributed by atoms with van der Waals surface area (Å²) >= 11 is 1.74. The summed E-state index contributed by atoms with van der Waals surface area (Å²) in [5, 5.41) is 13.6. The van der Waals surface area contributed by atoms with Gasteiger partial charge in [-0.2, -0.15) is 0 Å². The van der Waals surface area contributed by atoms with E-state index in [0.29, 0.717) is 5.92 Å². The summed E-state index contributed by atoms with van der Waals surface area (Å²) < 4.78 is 0. The number of aromatic nitrogens is 1. The van der Waals surface area contributed by atoms with E-state index < -0.39 is 0 Å². The maximum absolute atomic E-state index is 10.2. The van der Waals surface area contributed by atoms with Crippen LogP contribution in [0, 0.1) is 5.92 Å². The molecule has 2 aliphatic rings. The molecule has 0 atom stereocenters. The molecule has 1 aliphatic carbocycles. The average Bonchev–Trinajstić information content (AvgIpc) is 2.98. The van der Waals surface area contributed by atoms with Crippen molar-refractivity contribution in [1.29, 1.82) is 0 Å². The maximum atomic E-state index is 10.2. The molecule has 0 spiro atoms. The standard InChI is InChI=1S/C12H18N2OS/c1-2-11-13-10(6-16-11)5-14-7-12(15,8-14)9-3-4-9/h6,9,15H,2-5,7-8H2,1H3. The Kier molecular flexibility index (Phi) is 2.53. The lowest BCUT2D eigenvalue weighted by molar-refractivity contribution is -0.116. The molecule has 0 bridgehead atoms. The normalized spacial score (nSPS) is 24.4. The highest BCUT2D eigenvalue weighted by atomic mass is 32.1. The summed E-state index contributed by atoms with van der Waals surface area (Å²) in [6.07, 6.45) is 3.47. The second-order valence-electron chi connectivity index (χ2n) is 5.11. The molecule has 88 valence electrons. The monoisotopic (exact) mass is 238 g/mol. The number of β-amino-alcohol motifs (C(OH)–C–C–N with tert-alkyl or cyclic N) is 1. The van der Waals surface area contributed by atoms with E-state index in [1.54, 1.807) is 11.3 Å². The maximum Gasteiger partial charge on any atom is 0.0928 e. The first-order chi connectivity index (χ1) is 7.69. The molecular formula is C12H18N2OS. The minimum atomic E-state index is -0.358. The number of hydrogen-bond donors (Lipinski definition) is 1. The molecule has 1 aromatic heterocycles. The molecule has 1 saturated carbocycles.